The van der Waals surface area contributed by atoms with Crippen LogP contribution in [0.1, 0.15) is 63.3 Å². The van der Waals surface area contributed by atoms with Gasteiger partial charge in [-0.2, -0.15) is 0 Å². The van der Waals surface area contributed by atoms with Crippen LogP contribution in [0.2, 0.25) is 0 Å². The van der Waals surface area contributed by atoms with E-state index in [1.54, 1.807) is 29.2 Å². The fraction of sp³-hybridized carbons (Fsp3) is 0.379. The molecule has 2 aromatic rings. The summed E-state index contributed by atoms with van der Waals surface area (Å²) < 4.78 is 11.2. The van der Waals surface area contributed by atoms with Crippen molar-refractivity contribution in [2.24, 2.45) is 0 Å². The molecule has 3 rings (SSSR count). The zero-order valence-electron chi connectivity index (χ0n) is 21.3. The van der Waals surface area contributed by atoms with Gasteiger partial charge in [0.25, 0.3) is 11.7 Å². The minimum Gasteiger partial charge on any atom is -0.507 e. The number of aliphatic hydroxyl groups excluding tert-OH is 1. The van der Waals surface area contributed by atoms with Gasteiger partial charge in [-0.1, -0.05) is 65.0 Å². The second-order valence-corrected chi connectivity index (χ2v) is 9.68. The molecule has 6 nitrogen and oxygen atoms in total. The third-order valence-electron chi connectivity index (χ3n) is 6.15. The molecule has 1 amide bonds. The van der Waals surface area contributed by atoms with Crippen LogP contribution >= 0.6 is 0 Å². The maximum atomic E-state index is 13.3. The lowest BCUT2D eigenvalue weighted by Gasteiger charge is -2.26. The molecule has 1 heterocycles. The number of carbonyl (C=O) groups is 2. The standard InChI is InChI=1S/C29H35NO5/c1-7-9-15-30-25(19-11-10-12-21(17-19)35-16-8-2)24(27(32)28(30)33)26(31)22-18-20(29(3,4)5)13-14-23(22)34-6/h8,10-14,17-18,25,31H,2,7,9,15-16H2,1,3-6H3/b26-24+. The molecule has 1 unspecified atom stereocenters. The van der Waals surface area contributed by atoms with Crippen molar-refractivity contribution >= 4 is 17.4 Å². The number of ketones is 1. The number of nitrogens with zero attached hydrogens (tertiary/aromatic N) is 1. The van der Waals surface area contributed by atoms with Crippen LogP contribution in [0.5, 0.6) is 11.5 Å². The highest BCUT2D eigenvalue weighted by molar-refractivity contribution is 6.46. The minimum atomic E-state index is -0.739. The van der Waals surface area contributed by atoms with Gasteiger partial charge in [-0.25, -0.2) is 0 Å². The number of rotatable bonds is 9. The van der Waals surface area contributed by atoms with Gasteiger partial charge in [0, 0.05) is 6.54 Å². The second kappa shape index (κ2) is 10.8. The lowest BCUT2D eigenvalue weighted by molar-refractivity contribution is -0.139. The predicted octanol–water partition coefficient (Wildman–Crippen LogP) is 5.78. The van der Waals surface area contributed by atoms with Crippen molar-refractivity contribution in [3.63, 3.8) is 0 Å². The fourth-order valence-corrected chi connectivity index (χ4v) is 4.22. The number of aliphatic hydroxyl groups is 1. The summed E-state index contributed by atoms with van der Waals surface area (Å²) in [5.74, 6) is -0.543. The molecule has 0 aliphatic carbocycles. The SMILES string of the molecule is C=CCOc1cccc(C2/C(=C(\O)c3cc(C(C)(C)C)ccc3OC)C(=O)C(=O)N2CCCC)c1. The van der Waals surface area contributed by atoms with Crippen LogP contribution in [0.3, 0.4) is 0 Å². The first kappa shape index (κ1) is 26.1. The predicted molar refractivity (Wildman–Crippen MR) is 138 cm³/mol. The molecule has 1 N–H and O–H groups in total. The van der Waals surface area contributed by atoms with Crippen LogP contribution in [-0.2, 0) is 15.0 Å². The number of amides is 1. The molecular weight excluding hydrogens is 442 g/mol. The molecule has 35 heavy (non-hydrogen) atoms. The van der Waals surface area contributed by atoms with Crippen molar-refractivity contribution in [2.45, 2.75) is 52.0 Å². The van der Waals surface area contributed by atoms with Crippen molar-refractivity contribution in [3.05, 3.63) is 77.4 Å². The van der Waals surface area contributed by atoms with Crippen molar-refractivity contribution in [3.8, 4) is 11.5 Å². The maximum absolute atomic E-state index is 13.3. The minimum absolute atomic E-state index is 0.0522. The molecule has 0 bridgehead atoms. The summed E-state index contributed by atoms with van der Waals surface area (Å²) in [6.07, 6.45) is 3.24. The van der Waals surface area contributed by atoms with Crippen molar-refractivity contribution in [1.82, 2.24) is 4.90 Å². The number of ether oxygens (including phenoxy) is 2. The van der Waals surface area contributed by atoms with Crippen molar-refractivity contribution in [2.75, 3.05) is 20.3 Å². The number of hydrogen-bond donors (Lipinski definition) is 1. The van der Waals surface area contributed by atoms with Crippen LogP contribution in [0, 0.1) is 0 Å². The van der Waals surface area contributed by atoms with Crippen LogP contribution in [-0.4, -0.2) is 42.0 Å². The van der Waals surface area contributed by atoms with Gasteiger partial charge in [-0.3, -0.25) is 9.59 Å². The number of hydrogen-bond acceptors (Lipinski definition) is 5. The Morgan fingerprint density at radius 3 is 2.54 bits per heavy atom. The first-order chi connectivity index (χ1) is 16.6. The molecular formula is C29H35NO5. The number of benzene rings is 2. The maximum Gasteiger partial charge on any atom is 0.295 e. The van der Waals surface area contributed by atoms with E-state index >= 15 is 0 Å². The molecule has 0 saturated carbocycles. The molecule has 1 fully saturated rings. The molecule has 1 atom stereocenters. The summed E-state index contributed by atoms with van der Waals surface area (Å²) in [7, 11) is 1.51. The number of Topliss-reactive ketones (excluding diaryl/α,β-unsaturated/α-hetero) is 1. The molecule has 186 valence electrons. The molecule has 2 aromatic carbocycles. The van der Waals surface area contributed by atoms with E-state index < -0.39 is 17.7 Å². The molecule has 0 aromatic heterocycles. The summed E-state index contributed by atoms with van der Waals surface area (Å²) in [6.45, 7) is 12.6. The smallest absolute Gasteiger partial charge is 0.295 e. The molecule has 6 heteroatoms. The quantitative estimate of drug-likeness (QED) is 0.214. The van der Waals surface area contributed by atoms with E-state index in [0.717, 1.165) is 18.4 Å². The Morgan fingerprint density at radius 2 is 1.91 bits per heavy atom. The fourth-order valence-electron chi connectivity index (χ4n) is 4.22. The molecule has 1 saturated heterocycles. The highest BCUT2D eigenvalue weighted by atomic mass is 16.5. The Labute approximate surface area is 207 Å². The Morgan fingerprint density at radius 1 is 1.17 bits per heavy atom. The van der Waals surface area contributed by atoms with E-state index in [1.165, 1.54) is 7.11 Å². The molecule has 1 aliphatic heterocycles. The van der Waals surface area contributed by atoms with Gasteiger partial charge < -0.3 is 19.5 Å². The molecule has 0 radical (unpaired) electrons. The summed E-state index contributed by atoms with van der Waals surface area (Å²) in [4.78, 5) is 28.0. The summed E-state index contributed by atoms with van der Waals surface area (Å²) >= 11 is 0. The van der Waals surface area contributed by atoms with Gasteiger partial charge in [-0.05, 0) is 47.2 Å². The van der Waals surface area contributed by atoms with Gasteiger partial charge in [0.1, 0.15) is 23.9 Å². The first-order valence-electron chi connectivity index (χ1n) is 11.9. The van der Waals surface area contributed by atoms with Gasteiger partial charge in [-0.15, -0.1) is 0 Å². The van der Waals surface area contributed by atoms with Gasteiger partial charge in [0.05, 0.1) is 24.3 Å². The van der Waals surface area contributed by atoms with E-state index in [1.807, 2.05) is 31.2 Å². The summed E-state index contributed by atoms with van der Waals surface area (Å²) in [6, 6.07) is 12.1. The first-order valence-corrected chi connectivity index (χ1v) is 11.9. The lowest BCUT2D eigenvalue weighted by atomic mass is 9.85. The normalized spacial score (nSPS) is 17.5. The third kappa shape index (κ3) is 5.42. The van der Waals surface area contributed by atoms with Gasteiger partial charge >= 0.3 is 0 Å². The van der Waals surface area contributed by atoms with Crippen molar-refractivity contribution in [1.29, 1.82) is 0 Å². The largest absolute Gasteiger partial charge is 0.507 e. The average Bonchev–Trinajstić information content (AvgIpc) is 3.09. The molecule has 0 spiro atoms. The third-order valence-corrected chi connectivity index (χ3v) is 6.15. The summed E-state index contributed by atoms with van der Waals surface area (Å²) in [5, 5.41) is 11.6. The summed E-state index contributed by atoms with van der Waals surface area (Å²) in [5.41, 5.74) is 1.91. The topological polar surface area (TPSA) is 76.1 Å². The number of unbranched alkanes of at least 4 members (excludes halogenated alkanes) is 1. The Hall–Kier alpha value is -3.54. The second-order valence-electron chi connectivity index (χ2n) is 9.68. The van der Waals surface area contributed by atoms with Crippen LogP contribution < -0.4 is 9.47 Å². The monoisotopic (exact) mass is 477 g/mol. The zero-order valence-corrected chi connectivity index (χ0v) is 21.3. The van der Waals surface area contributed by atoms with E-state index in [0.29, 0.717) is 35.8 Å². The van der Waals surface area contributed by atoms with Crippen molar-refractivity contribution < 1.29 is 24.2 Å². The van der Waals surface area contributed by atoms with Gasteiger partial charge in [0.15, 0.2) is 0 Å². The Balaban J connectivity index is 2.24. The van der Waals surface area contributed by atoms with E-state index in [-0.39, 0.29) is 16.7 Å². The van der Waals surface area contributed by atoms with Crippen LogP contribution in [0.4, 0.5) is 0 Å². The van der Waals surface area contributed by atoms with E-state index in [2.05, 4.69) is 27.4 Å². The number of methoxy groups -OCH3 is 1. The Bertz CT molecular complexity index is 1140. The lowest BCUT2D eigenvalue weighted by Crippen LogP contribution is -2.30. The highest BCUT2D eigenvalue weighted by Gasteiger charge is 2.46. The van der Waals surface area contributed by atoms with Crippen LogP contribution in [0.15, 0.2) is 60.7 Å². The number of likely N-dealkylation sites (tertiary alicyclic amines) is 1. The van der Waals surface area contributed by atoms with E-state index in [9.17, 15) is 14.7 Å². The average molecular weight is 478 g/mol. The zero-order chi connectivity index (χ0) is 25.8. The Kier molecular flexibility index (Phi) is 8.05. The van der Waals surface area contributed by atoms with Crippen LogP contribution in [0.25, 0.3) is 5.76 Å². The van der Waals surface area contributed by atoms with Gasteiger partial charge in [0.2, 0.25) is 0 Å². The highest BCUT2D eigenvalue weighted by Crippen LogP contribution is 2.42. The van der Waals surface area contributed by atoms with E-state index in [4.69, 9.17) is 9.47 Å². The number of carbonyl (C=O) groups excluding carboxylic acids is 2. The molecule has 1 aliphatic rings.